The van der Waals surface area contributed by atoms with Crippen molar-refractivity contribution in [3.63, 3.8) is 0 Å². The summed E-state index contributed by atoms with van der Waals surface area (Å²) in [5.74, 6) is -1.42. The molecule has 0 aliphatic rings. The van der Waals surface area contributed by atoms with Crippen molar-refractivity contribution < 1.29 is 23.9 Å². The van der Waals surface area contributed by atoms with Crippen molar-refractivity contribution in [1.29, 1.82) is 0 Å². The zero-order valence-corrected chi connectivity index (χ0v) is 14.0. The molecule has 0 heterocycles. The number of amides is 1. The molecule has 0 aliphatic carbocycles. The van der Waals surface area contributed by atoms with Crippen molar-refractivity contribution in [2.24, 2.45) is 0 Å². The summed E-state index contributed by atoms with van der Waals surface area (Å²) in [7, 11) is 2.52. The van der Waals surface area contributed by atoms with Crippen LogP contribution in [-0.4, -0.2) is 38.1 Å². The fourth-order valence-corrected chi connectivity index (χ4v) is 2.27. The van der Waals surface area contributed by atoms with Gasteiger partial charge in [0.15, 0.2) is 0 Å². The van der Waals surface area contributed by atoms with E-state index in [2.05, 4.69) is 26.0 Å². The number of hydrogen-bond acceptors (Lipinski definition) is 5. The first-order valence-corrected chi connectivity index (χ1v) is 7.44. The molecule has 1 aromatic carbocycles. The molecule has 1 atom stereocenters. The van der Waals surface area contributed by atoms with Crippen molar-refractivity contribution in [3.05, 3.63) is 34.3 Å². The zero-order valence-electron chi connectivity index (χ0n) is 12.4. The molecule has 7 heteroatoms. The molecular formula is C15H18BrNO5. The lowest BCUT2D eigenvalue weighted by atomic mass is 10.1. The Morgan fingerprint density at radius 3 is 2.50 bits per heavy atom. The van der Waals surface area contributed by atoms with E-state index in [4.69, 9.17) is 4.74 Å². The Bertz CT molecular complexity index is 546. The van der Waals surface area contributed by atoms with Crippen molar-refractivity contribution in [2.75, 3.05) is 14.2 Å². The van der Waals surface area contributed by atoms with Gasteiger partial charge < -0.3 is 14.8 Å². The van der Waals surface area contributed by atoms with Gasteiger partial charge in [0.25, 0.3) is 0 Å². The standard InChI is InChI=1S/C15H18BrNO5/c1-21-14(19)7-6-13(18)17-12(15(20)22-2)9-10-4-3-5-11(16)8-10/h3-5,8,12H,6-7,9H2,1-2H3,(H,17,18)/t12-/m1/s1. The van der Waals surface area contributed by atoms with E-state index in [1.807, 2.05) is 24.3 Å². The van der Waals surface area contributed by atoms with E-state index in [0.29, 0.717) is 6.42 Å². The smallest absolute Gasteiger partial charge is 0.328 e. The molecule has 22 heavy (non-hydrogen) atoms. The number of carbonyl (C=O) groups excluding carboxylic acids is 3. The second-order valence-electron chi connectivity index (χ2n) is 4.55. The molecule has 0 fully saturated rings. The highest BCUT2D eigenvalue weighted by Gasteiger charge is 2.22. The van der Waals surface area contributed by atoms with Gasteiger partial charge in [-0.25, -0.2) is 4.79 Å². The Kier molecular flexibility index (Phi) is 7.59. The largest absolute Gasteiger partial charge is 0.469 e. The van der Waals surface area contributed by atoms with Crippen LogP contribution in [0.4, 0.5) is 0 Å². The molecule has 120 valence electrons. The fourth-order valence-electron chi connectivity index (χ4n) is 1.82. The Hall–Kier alpha value is -1.89. The molecule has 1 rings (SSSR count). The highest BCUT2D eigenvalue weighted by atomic mass is 79.9. The first-order chi connectivity index (χ1) is 10.5. The third-order valence-corrected chi connectivity index (χ3v) is 3.43. The van der Waals surface area contributed by atoms with E-state index in [1.54, 1.807) is 0 Å². The number of ether oxygens (including phenoxy) is 2. The second-order valence-corrected chi connectivity index (χ2v) is 5.47. The average Bonchev–Trinajstić information content (AvgIpc) is 2.51. The fraction of sp³-hybridized carbons (Fsp3) is 0.400. The number of hydrogen-bond donors (Lipinski definition) is 1. The lowest BCUT2D eigenvalue weighted by Gasteiger charge is -2.16. The predicted octanol–water partition coefficient (Wildman–Crippen LogP) is 1.60. The van der Waals surface area contributed by atoms with Crippen LogP contribution in [0.2, 0.25) is 0 Å². The molecule has 0 bridgehead atoms. The summed E-state index contributed by atoms with van der Waals surface area (Å²) >= 11 is 3.35. The first-order valence-electron chi connectivity index (χ1n) is 6.64. The van der Waals surface area contributed by atoms with Gasteiger partial charge in [0.1, 0.15) is 6.04 Å². The number of halogens is 1. The lowest BCUT2D eigenvalue weighted by Crippen LogP contribution is -2.43. The summed E-state index contributed by atoms with van der Waals surface area (Å²) in [5.41, 5.74) is 0.873. The predicted molar refractivity (Wildman–Crippen MR) is 83.0 cm³/mol. The maximum absolute atomic E-state index is 11.8. The maximum atomic E-state index is 11.8. The molecule has 1 amide bonds. The highest BCUT2D eigenvalue weighted by Crippen LogP contribution is 2.13. The third kappa shape index (κ3) is 6.26. The zero-order chi connectivity index (χ0) is 16.5. The van der Waals surface area contributed by atoms with Gasteiger partial charge in [-0.05, 0) is 17.7 Å². The van der Waals surface area contributed by atoms with Crippen LogP contribution in [0.3, 0.4) is 0 Å². The Morgan fingerprint density at radius 1 is 1.18 bits per heavy atom. The molecule has 6 nitrogen and oxygen atoms in total. The molecule has 0 spiro atoms. The van der Waals surface area contributed by atoms with Gasteiger partial charge in [0.05, 0.1) is 20.6 Å². The van der Waals surface area contributed by atoms with Gasteiger partial charge in [-0.2, -0.15) is 0 Å². The van der Waals surface area contributed by atoms with E-state index in [-0.39, 0.29) is 12.8 Å². The molecule has 0 saturated heterocycles. The van der Waals surface area contributed by atoms with Crippen LogP contribution in [0.15, 0.2) is 28.7 Å². The van der Waals surface area contributed by atoms with Crippen molar-refractivity contribution >= 4 is 33.8 Å². The molecule has 0 aromatic heterocycles. The Labute approximate surface area is 137 Å². The number of carbonyl (C=O) groups is 3. The molecular weight excluding hydrogens is 354 g/mol. The van der Waals surface area contributed by atoms with Gasteiger partial charge in [-0.3, -0.25) is 9.59 Å². The van der Waals surface area contributed by atoms with Gasteiger partial charge >= 0.3 is 11.9 Å². The van der Waals surface area contributed by atoms with Crippen molar-refractivity contribution in [1.82, 2.24) is 5.32 Å². The van der Waals surface area contributed by atoms with Crippen LogP contribution in [0.1, 0.15) is 18.4 Å². The Balaban J connectivity index is 2.66. The topological polar surface area (TPSA) is 81.7 Å². The van der Waals surface area contributed by atoms with Crippen LogP contribution in [-0.2, 0) is 30.3 Å². The van der Waals surface area contributed by atoms with Crippen LogP contribution >= 0.6 is 15.9 Å². The minimum Gasteiger partial charge on any atom is -0.469 e. The minimum absolute atomic E-state index is 0.0346. The monoisotopic (exact) mass is 371 g/mol. The van der Waals surface area contributed by atoms with E-state index >= 15 is 0 Å². The van der Waals surface area contributed by atoms with E-state index in [1.165, 1.54) is 14.2 Å². The maximum Gasteiger partial charge on any atom is 0.328 e. The third-order valence-electron chi connectivity index (χ3n) is 2.93. The molecule has 1 N–H and O–H groups in total. The van der Waals surface area contributed by atoms with Crippen molar-refractivity contribution in [2.45, 2.75) is 25.3 Å². The van der Waals surface area contributed by atoms with Gasteiger partial charge in [0.2, 0.25) is 5.91 Å². The number of benzene rings is 1. The van der Waals surface area contributed by atoms with Crippen molar-refractivity contribution in [3.8, 4) is 0 Å². The summed E-state index contributed by atoms with van der Waals surface area (Å²) in [5, 5.41) is 2.58. The van der Waals surface area contributed by atoms with E-state index in [0.717, 1.165) is 10.0 Å². The summed E-state index contributed by atoms with van der Waals surface area (Å²) in [6.45, 7) is 0. The summed E-state index contributed by atoms with van der Waals surface area (Å²) in [6, 6.07) is 6.61. The first kappa shape index (κ1) is 18.2. The molecule has 0 unspecified atom stereocenters. The minimum atomic E-state index is -0.801. The summed E-state index contributed by atoms with van der Waals surface area (Å²) < 4.78 is 10.1. The molecule has 0 radical (unpaired) electrons. The lowest BCUT2D eigenvalue weighted by molar-refractivity contribution is -0.145. The number of nitrogens with one attached hydrogen (secondary N) is 1. The van der Waals surface area contributed by atoms with E-state index in [9.17, 15) is 14.4 Å². The van der Waals surface area contributed by atoms with Gasteiger partial charge in [-0.1, -0.05) is 28.1 Å². The number of rotatable bonds is 7. The quantitative estimate of drug-likeness (QED) is 0.736. The van der Waals surface area contributed by atoms with Crippen LogP contribution in [0.25, 0.3) is 0 Å². The van der Waals surface area contributed by atoms with Crippen LogP contribution in [0.5, 0.6) is 0 Å². The average molecular weight is 372 g/mol. The van der Waals surface area contributed by atoms with Gasteiger partial charge in [0, 0.05) is 17.3 Å². The van der Waals surface area contributed by atoms with Crippen LogP contribution < -0.4 is 5.32 Å². The van der Waals surface area contributed by atoms with Crippen LogP contribution in [0, 0.1) is 0 Å². The summed E-state index contributed by atoms with van der Waals surface area (Å²) in [4.78, 5) is 34.6. The molecule has 0 aliphatic heterocycles. The number of esters is 2. The second kappa shape index (κ2) is 9.19. The van der Waals surface area contributed by atoms with Gasteiger partial charge in [-0.15, -0.1) is 0 Å². The molecule has 0 saturated carbocycles. The summed E-state index contributed by atoms with van der Waals surface area (Å²) in [6.07, 6.45) is 0.224. The normalized spacial score (nSPS) is 11.4. The number of methoxy groups -OCH3 is 2. The Morgan fingerprint density at radius 2 is 1.91 bits per heavy atom. The molecule has 1 aromatic rings. The van der Waals surface area contributed by atoms with E-state index < -0.39 is 23.9 Å². The SMILES string of the molecule is COC(=O)CCC(=O)N[C@H](Cc1cccc(Br)c1)C(=O)OC. The highest BCUT2D eigenvalue weighted by molar-refractivity contribution is 9.10.